The van der Waals surface area contributed by atoms with Gasteiger partial charge in [-0.1, -0.05) is 12.1 Å². The molecule has 27 heavy (non-hydrogen) atoms. The lowest BCUT2D eigenvalue weighted by Gasteiger charge is -2.32. The molecule has 1 amide bonds. The number of fused-ring (bicyclic) bond motifs is 2. The van der Waals surface area contributed by atoms with Crippen LogP contribution in [0.25, 0.3) is 0 Å². The van der Waals surface area contributed by atoms with Crippen molar-refractivity contribution in [3.63, 3.8) is 0 Å². The molecule has 2 aromatic rings. The van der Waals surface area contributed by atoms with Gasteiger partial charge in [0.15, 0.2) is 11.5 Å². The van der Waals surface area contributed by atoms with E-state index in [-0.39, 0.29) is 12.5 Å². The Balaban J connectivity index is 1.52. The number of amides is 1. The molecule has 0 atom stereocenters. The van der Waals surface area contributed by atoms with Crippen molar-refractivity contribution in [3.8, 4) is 17.2 Å². The van der Waals surface area contributed by atoms with Gasteiger partial charge in [0.05, 0.1) is 25.0 Å². The first-order chi connectivity index (χ1) is 13.2. The topological polar surface area (TPSA) is 60.0 Å². The molecule has 6 nitrogen and oxygen atoms in total. The molecule has 0 aliphatic carbocycles. The highest BCUT2D eigenvalue weighted by atomic mass is 79.9. The first-order valence-corrected chi connectivity index (χ1v) is 9.75. The van der Waals surface area contributed by atoms with Gasteiger partial charge in [-0.05, 0) is 40.4 Å². The second-order valence-corrected chi connectivity index (χ2v) is 7.37. The molecule has 0 spiro atoms. The Bertz CT molecular complexity index is 857. The summed E-state index contributed by atoms with van der Waals surface area (Å²) in [6.07, 6.45) is 2.01. The first kappa shape index (κ1) is 18.0. The van der Waals surface area contributed by atoms with Gasteiger partial charge < -0.3 is 24.4 Å². The average molecular weight is 433 g/mol. The Morgan fingerprint density at radius 1 is 1.26 bits per heavy atom. The van der Waals surface area contributed by atoms with Gasteiger partial charge >= 0.3 is 0 Å². The number of para-hydroxylation sites is 1. The highest BCUT2D eigenvalue weighted by Gasteiger charge is 2.23. The van der Waals surface area contributed by atoms with Gasteiger partial charge in [-0.2, -0.15) is 0 Å². The van der Waals surface area contributed by atoms with Crippen molar-refractivity contribution in [2.24, 2.45) is 0 Å². The SMILES string of the molecule is COc1cccc2c1N(CC(=O)Nc1cc3c(cc1Br)OCCO3)CCC2. The molecule has 142 valence electrons. The molecule has 2 heterocycles. The molecule has 0 saturated heterocycles. The lowest BCUT2D eigenvalue weighted by molar-refractivity contribution is -0.115. The Hall–Kier alpha value is -2.41. The molecule has 0 saturated carbocycles. The first-order valence-electron chi connectivity index (χ1n) is 8.95. The minimum Gasteiger partial charge on any atom is -0.495 e. The zero-order valence-corrected chi connectivity index (χ0v) is 16.7. The minimum absolute atomic E-state index is 0.0915. The Morgan fingerprint density at radius 3 is 2.81 bits per heavy atom. The van der Waals surface area contributed by atoms with Crippen LogP contribution in [-0.4, -0.2) is 39.3 Å². The van der Waals surface area contributed by atoms with E-state index in [0.29, 0.717) is 30.4 Å². The van der Waals surface area contributed by atoms with E-state index in [0.717, 1.165) is 35.3 Å². The molecule has 0 fully saturated rings. The van der Waals surface area contributed by atoms with Crippen LogP contribution in [0.4, 0.5) is 11.4 Å². The van der Waals surface area contributed by atoms with Crippen LogP contribution >= 0.6 is 15.9 Å². The van der Waals surface area contributed by atoms with Crippen LogP contribution in [0.15, 0.2) is 34.8 Å². The van der Waals surface area contributed by atoms with Crippen LogP contribution in [0, 0.1) is 0 Å². The van der Waals surface area contributed by atoms with E-state index >= 15 is 0 Å². The van der Waals surface area contributed by atoms with E-state index in [4.69, 9.17) is 14.2 Å². The molecule has 2 aliphatic rings. The van der Waals surface area contributed by atoms with E-state index < -0.39 is 0 Å². The Morgan fingerprint density at radius 2 is 2.04 bits per heavy atom. The number of nitrogens with one attached hydrogen (secondary N) is 1. The van der Waals surface area contributed by atoms with E-state index in [1.165, 1.54) is 5.56 Å². The van der Waals surface area contributed by atoms with Gasteiger partial charge in [-0.15, -0.1) is 0 Å². The Labute approximate surface area is 166 Å². The third kappa shape index (κ3) is 3.69. The van der Waals surface area contributed by atoms with E-state index in [2.05, 4.69) is 32.2 Å². The van der Waals surface area contributed by atoms with Gasteiger partial charge in [0.2, 0.25) is 5.91 Å². The lowest BCUT2D eigenvalue weighted by atomic mass is 10.0. The number of hydrogen-bond donors (Lipinski definition) is 1. The van der Waals surface area contributed by atoms with Crippen LogP contribution in [0.3, 0.4) is 0 Å². The normalized spacial score (nSPS) is 15.1. The molecular weight excluding hydrogens is 412 g/mol. The molecule has 2 aromatic carbocycles. The zero-order valence-electron chi connectivity index (χ0n) is 15.1. The number of anilines is 2. The van der Waals surface area contributed by atoms with Crippen molar-refractivity contribution in [1.29, 1.82) is 0 Å². The fourth-order valence-electron chi connectivity index (χ4n) is 3.55. The van der Waals surface area contributed by atoms with Crippen LogP contribution in [0.1, 0.15) is 12.0 Å². The summed E-state index contributed by atoms with van der Waals surface area (Å²) in [5, 5.41) is 2.97. The third-order valence-electron chi connectivity index (χ3n) is 4.73. The van der Waals surface area contributed by atoms with E-state index in [1.54, 1.807) is 13.2 Å². The monoisotopic (exact) mass is 432 g/mol. The van der Waals surface area contributed by atoms with Gasteiger partial charge in [0.1, 0.15) is 19.0 Å². The summed E-state index contributed by atoms with van der Waals surface area (Å²) in [6, 6.07) is 9.64. The molecule has 7 heteroatoms. The number of carbonyl (C=O) groups is 1. The second-order valence-electron chi connectivity index (χ2n) is 6.52. The van der Waals surface area contributed by atoms with Crippen molar-refractivity contribution >= 4 is 33.2 Å². The zero-order chi connectivity index (χ0) is 18.8. The second kappa shape index (κ2) is 7.68. The van der Waals surface area contributed by atoms with Gasteiger partial charge in [-0.25, -0.2) is 0 Å². The van der Waals surface area contributed by atoms with E-state index in [1.807, 2.05) is 18.2 Å². The van der Waals surface area contributed by atoms with Crippen molar-refractivity contribution in [1.82, 2.24) is 0 Å². The molecule has 0 radical (unpaired) electrons. The maximum atomic E-state index is 12.7. The molecule has 0 bridgehead atoms. The lowest BCUT2D eigenvalue weighted by Crippen LogP contribution is -2.37. The number of benzene rings is 2. The number of hydrogen-bond acceptors (Lipinski definition) is 5. The fraction of sp³-hybridized carbons (Fsp3) is 0.350. The summed E-state index contributed by atoms with van der Waals surface area (Å²) in [6.45, 7) is 2.12. The molecular formula is C20H21BrN2O4. The van der Waals surface area contributed by atoms with Crippen molar-refractivity contribution in [2.75, 3.05) is 43.6 Å². The van der Waals surface area contributed by atoms with Crippen molar-refractivity contribution < 1.29 is 19.0 Å². The predicted molar refractivity (Wildman–Crippen MR) is 107 cm³/mol. The largest absolute Gasteiger partial charge is 0.495 e. The van der Waals surface area contributed by atoms with Gasteiger partial charge in [0.25, 0.3) is 0 Å². The summed E-state index contributed by atoms with van der Waals surface area (Å²) < 4.78 is 17.4. The fourth-order valence-corrected chi connectivity index (χ4v) is 3.97. The van der Waals surface area contributed by atoms with Gasteiger partial charge in [0, 0.05) is 23.2 Å². The molecule has 1 N–H and O–H groups in total. The maximum Gasteiger partial charge on any atom is 0.243 e. The Kier molecular flexibility index (Phi) is 5.11. The van der Waals surface area contributed by atoms with Crippen molar-refractivity contribution in [3.05, 3.63) is 40.4 Å². The van der Waals surface area contributed by atoms with Crippen LogP contribution in [0.5, 0.6) is 17.2 Å². The number of ether oxygens (including phenoxy) is 3. The minimum atomic E-state index is -0.0915. The summed E-state index contributed by atoms with van der Waals surface area (Å²) >= 11 is 3.49. The molecule has 4 rings (SSSR count). The number of carbonyl (C=O) groups excluding carboxylic acids is 1. The molecule has 0 unspecified atom stereocenters. The summed E-state index contributed by atoms with van der Waals surface area (Å²) in [7, 11) is 1.66. The van der Waals surface area contributed by atoms with Crippen molar-refractivity contribution in [2.45, 2.75) is 12.8 Å². The molecule has 2 aliphatic heterocycles. The maximum absolute atomic E-state index is 12.7. The number of rotatable bonds is 4. The summed E-state index contributed by atoms with van der Waals surface area (Å²) in [4.78, 5) is 14.8. The number of methoxy groups -OCH3 is 1. The number of aryl methyl sites for hydroxylation is 1. The highest BCUT2D eigenvalue weighted by molar-refractivity contribution is 9.10. The summed E-state index contributed by atoms with van der Waals surface area (Å²) in [5.74, 6) is 2.04. The highest BCUT2D eigenvalue weighted by Crippen LogP contribution is 2.39. The quantitative estimate of drug-likeness (QED) is 0.799. The predicted octanol–water partition coefficient (Wildman–Crippen LogP) is 3.62. The van der Waals surface area contributed by atoms with Gasteiger partial charge in [-0.3, -0.25) is 4.79 Å². The molecule has 0 aromatic heterocycles. The average Bonchev–Trinajstić information content (AvgIpc) is 2.68. The third-order valence-corrected chi connectivity index (χ3v) is 5.39. The standard InChI is InChI=1S/C20H21BrN2O4/c1-25-16-6-2-4-13-5-3-7-23(20(13)16)12-19(24)22-15-11-18-17(10-14(15)21)26-8-9-27-18/h2,4,6,10-11H,3,5,7-9,12H2,1H3,(H,22,24). The number of halogens is 1. The smallest absolute Gasteiger partial charge is 0.243 e. The van der Waals surface area contributed by atoms with Crippen LogP contribution in [-0.2, 0) is 11.2 Å². The van der Waals surface area contributed by atoms with Crippen LogP contribution < -0.4 is 24.4 Å². The van der Waals surface area contributed by atoms with Crippen LogP contribution in [0.2, 0.25) is 0 Å². The number of nitrogens with zero attached hydrogens (tertiary/aromatic N) is 1. The summed E-state index contributed by atoms with van der Waals surface area (Å²) in [5.41, 5.74) is 2.90. The van der Waals surface area contributed by atoms with E-state index in [9.17, 15) is 4.79 Å².